The maximum atomic E-state index is 12.8. The normalized spacial score (nSPS) is 15.4. The number of benzene rings is 1. The highest BCUT2D eigenvalue weighted by atomic mass is 16.5. The molecule has 1 atom stereocenters. The number of piperazine rings is 1. The lowest BCUT2D eigenvalue weighted by Crippen LogP contribution is -2.52. The van der Waals surface area contributed by atoms with Gasteiger partial charge in [-0.2, -0.15) is 0 Å². The molecule has 1 aromatic heterocycles. The van der Waals surface area contributed by atoms with Crippen molar-refractivity contribution in [2.75, 3.05) is 26.2 Å². The summed E-state index contributed by atoms with van der Waals surface area (Å²) in [4.78, 5) is 39.6. The molecular formula is C22H28N2O5. The lowest BCUT2D eigenvalue weighted by atomic mass is 10.0. The van der Waals surface area contributed by atoms with Crippen LogP contribution in [0.15, 0.2) is 27.4 Å². The second kappa shape index (κ2) is 8.68. The number of rotatable bonds is 5. The second-order valence-corrected chi connectivity index (χ2v) is 7.50. The van der Waals surface area contributed by atoms with Crippen LogP contribution in [-0.4, -0.2) is 53.9 Å². The van der Waals surface area contributed by atoms with E-state index in [0.29, 0.717) is 43.1 Å². The molecule has 156 valence electrons. The summed E-state index contributed by atoms with van der Waals surface area (Å²) in [6, 6.07) is 5.25. The first kappa shape index (κ1) is 20.9. The summed E-state index contributed by atoms with van der Waals surface area (Å²) in [6.07, 6.45) is 1.04. The van der Waals surface area contributed by atoms with Gasteiger partial charge in [0.25, 0.3) is 5.91 Å². The Hall–Kier alpha value is -2.83. The fraction of sp³-hybridized carbons (Fsp3) is 0.500. The van der Waals surface area contributed by atoms with Gasteiger partial charge in [0.05, 0.1) is 0 Å². The van der Waals surface area contributed by atoms with E-state index in [4.69, 9.17) is 9.15 Å². The van der Waals surface area contributed by atoms with E-state index >= 15 is 0 Å². The summed E-state index contributed by atoms with van der Waals surface area (Å²) in [6.45, 7) is 9.22. The fourth-order valence-corrected chi connectivity index (χ4v) is 3.75. The molecule has 1 aliphatic rings. The predicted molar refractivity (Wildman–Crippen MR) is 110 cm³/mol. The zero-order chi connectivity index (χ0) is 21.1. The summed E-state index contributed by atoms with van der Waals surface area (Å²) < 4.78 is 11.4. The van der Waals surface area contributed by atoms with E-state index in [1.54, 1.807) is 22.8 Å². The van der Waals surface area contributed by atoms with Gasteiger partial charge < -0.3 is 19.0 Å². The molecule has 0 aliphatic carbocycles. The molecule has 2 aromatic rings. The van der Waals surface area contributed by atoms with E-state index in [1.807, 2.05) is 19.1 Å². The van der Waals surface area contributed by atoms with Crippen LogP contribution in [-0.2, 0) is 16.0 Å². The summed E-state index contributed by atoms with van der Waals surface area (Å²) >= 11 is 0. The minimum atomic E-state index is -0.680. The molecule has 1 unspecified atom stereocenters. The number of hydrogen-bond donors (Lipinski definition) is 0. The molecule has 0 N–H and O–H groups in total. The van der Waals surface area contributed by atoms with Crippen molar-refractivity contribution in [3.63, 3.8) is 0 Å². The van der Waals surface area contributed by atoms with Crippen LogP contribution in [0.1, 0.15) is 38.3 Å². The number of ether oxygens (including phenoxy) is 1. The maximum absolute atomic E-state index is 12.8. The van der Waals surface area contributed by atoms with Crippen molar-refractivity contribution < 1.29 is 18.7 Å². The minimum Gasteiger partial charge on any atom is -0.480 e. The molecular weight excluding hydrogens is 372 g/mol. The van der Waals surface area contributed by atoms with Gasteiger partial charge in [0, 0.05) is 50.1 Å². The van der Waals surface area contributed by atoms with E-state index in [-0.39, 0.29) is 17.4 Å². The first-order valence-corrected chi connectivity index (χ1v) is 10.1. The highest BCUT2D eigenvalue weighted by Gasteiger charge is 2.27. The van der Waals surface area contributed by atoms with Gasteiger partial charge in [-0.15, -0.1) is 0 Å². The Labute approximate surface area is 170 Å². The summed E-state index contributed by atoms with van der Waals surface area (Å²) in [5, 5.41) is 0.899. The molecule has 1 aromatic carbocycles. The number of fused-ring (bicyclic) bond motifs is 1. The van der Waals surface area contributed by atoms with Gasteiger partial charge in [0.2, 0.25) is 5.91 Å². The number of carbonyl (C=O) groups excluding carboxylic acids is 2. The standard InChI is InChI=1S/C22H28N2O5/c1-5-6-17-13-20(26)29-21-14(2)19(8-7-18(17)21)28-15(3)22(27)24-11-9-23(10-12-24)16(4)25/h7-8,13,15H,5-6,9-12H2,1-4H3. The summed E-state index contributed by atoms with van der Waals surface area (Å²) in [7, 11) is 0. The third kappa shape index (κ3) is 4.44. The van der Waals surface area contributed by atoms with Gasteiger partial charge in [0.1, 0.15) is 11.3 Å². The average Bonchev–Trinajstić information content (AvgIpc) is 2.70. The zero-order valence-corrected chi connectivity index (χ0v) is 17.5. The molecule has 2 heterocycles. The van der Waals surface area contributed by atoms with E-state index in [2.05, 4.69) is 6.92 Å². The molecule has 1 aliphatic heterocycles. The number of hydrogen-bond acceptors (Lipinski definition) is 5. The molecule has 1 saturated heterocycles. The molecule has 0 radical (unpaired) electrons. The SMILES string of the molecule is CCCc1cc(=O)oc2c(C)c(OC(C)C(=O)N3CCN(C(C)=O)CC3)ccc12. The Balaban J connectivity index is 1.77. The van der Waals surface area contributed by atoms with Crippen LogP contribution in [0.2, 0.25) is 0 Å². The number of amides is 2. The van der Waals surface area contributed by atoms with E-state index in [9.17, 15) is 14.4 Å². The Morgan fingerprint density at radius 3 is 2.45 bits per heavy atom. The Morgan fingerprint density at radius 2 is 1.83 bits per heavy atom. The Kier molecular flexibility index (Phi) is 6.25. The van der Waals surface area contributed by atoms with Crippen LogP contribution in [0, 0.1) is 6.92 Å². The topological polar surface area (TPSA) is 80.1 Å². The molecule has 0 saturated carbocycles. The van der Waals surface area contributed by atoms with E-state index in [1.165, 1.54) is 6.92 Å². The van der Waals surface area contributed by atoms with Crippen molar-refractivity contribution >= 4 is 22.8 Å². The van der Waals surface area contributed by atoms with Gasteiger partial charge >= 0.3 is 5.63 Å². The lowest BCUT2D eigenvalue weighted by molar-refractivity contribution is -0.143. The molecule has 7 nitrogen and oxygen atoms in total. The monoisotopic (exact) mass is 400 g/mol. The molecule has 0 bridgehead atoms. The zero-order valence-electron chi connectivity index (χ0n) is 17.5. The van der Waals surface area contributed by atoms with Crippen LogP contribution in [0.25, 0.3) is 11.0 Å². The molecule has 3 rings (SSSR count). The minimum absolute atomic E-state index is 0.0251. The fourth-order valence-electron chi connectivity index (χ4n) is 3.75. The third-order valence-corrected chi connectivity index (χ3v) is 5.40. The first-order valence-electron chi connectivity index (χ1n) is 10.1. The number of carbonyl (C=O) groups is 2. The summed E-state index contributed by atoms with van der Waals surface area (Å²) in [5.41, 5.74) is 1.79. The largest absolute Gasteiger partial charge is 0.480 e. The van der Waals surface area contributed by atoms with Crippen LogP contribution in [0.5, 0.6) is 5.75 Å². The van der Waals surface area contributed by atoms with Crippen molar-refractivity contribution in [2.45, 2.75) is 46.6 Å². The van der Waals surface area contributed by atoms with Crippen molar-refractivity contribution in [3.05, 3.63) is 39.7 Å². The predicted octanol–water partition coefficient (Wildman–Crippen LogP) is 2.51. The van der Waals surface area contributed by atoms with Crippen molar-refractivity contribution in [1.29, 1.82) is 0 Å². The van der Waals surface area contributed by atoms with Crippen LogP contribution in [0.4, 0.5) is 0 Å². The van der Waals surface area contributed by atoms with Gasteiger partial charge in [-0.3, -0.25) is 9.59 Å². The van der Waals surface area contributed by atoms with Crippen molar-refractivity contribution in [2.24, 2.45) is 0 Å². The van der Waals surface area contributed by atoms with Crippen molar-refractivity contribution in [1.82, 2.24) is 9.80 Å². The summed E-state index contributed by atoms with van der Waals surface area (Å²) in [5.74, 6) is 0.434. The lowest BCUT2D eigenvalue weighted by Gasteiger charge is -2.35. The average molecular weight is 400 g/mol. The van der Waals surface area contributed by atoms with E-state index in [0.717, 1.165) is 23.8 Å². The Morgan fingerprint density at radius 1 is 1.17 bits per heavy atom. The van der Waals surface area contributed by atoms with Crippen LogP contribution in [0.3, 0.4) is 0 Å². The quantitative estimate of drug-likeness (QED) is 0.721. The smallest absolute Gasteiger partial charge is 0.336 e. The number of aryl methyl sites for hydroxylation is 2. The molecule has 1 fully saturated rings. The van der Waals surface area contributed by atoms with Crippen LogP contribution < -0.4 is 10.4 Å². The Bertz CT molecular complexity index is 973. The van der Waals surface area contributed by atoms with E-state index < -0.39 is 6.10 Å². The highest BCUT2D eigenvalue weighted by Crippen LogP contribution is 2.29. The third-order valence-electron chi connectivity index (χ3n) is 5.40. The van der Waals surface area contributed by atoms with Gasteiger partial charge in [-0.05, 0) is 38.0 Å². The molecule has 29 heavy (non-hydrogen) atoms. The number of nitrogens with zero attached hydrogens (tertiary/aromatic N) is 2. The van der Waals surface area contributed by atoms with Gasteiger partial charge in [-0.1, -0.05) is 13.3 Å². The first-order chi connectivity index (χ1) is 13.8. The highest BCUT2D eigenvalue weighted by molar-refractivity contribution is 5.86. The van der Waals surface area contributed by atoms with Gasteiger partial charge in [0.15, 0.2) is 6.10 Å². The van der Waals surface area contributed by atoms with Crippen molar-refractivity contribution in [3.8, 4) is 5.75 Å². The molecule has 0 spiro atoms. The van der Waals surface area contributed by atoms with Gasteiger partial charge in [-0.25, -0.2) is 4.79 Å². The second-order valence-electron chi connectivity index (χ2n) is 7.50. The van der Waals surface area contributed by atoms with Crippen LogP contribution >= 0.6 is 0 Å². The molecule has 7 heteroatoms. The maximum Gasteiger partial charge on any atom is 0.336 e. The molecule has 2 amide bonds.